The number of aryl methyl sites for hydroxylation is 1. The zero-order valence-electron chi connectivity index (χ0n) is 22.9. The highest BCUT2D eigenvalue weighted by Crippen LogP contribution is 2.37. The molecule has 2 aromatic heterocycles. The van der Waals surface area contributed by atoms with Crippen LogP contribution < -0.4 is 19.3 Å². The summed E-state index contributed by atoms with van der Waals surface area (Å²) in [7, 11) is -2.26. The number of hydrogen-bond acceptors (Lipinski definition) is 8. The van der Waals surface area contributed by atoms with Crippen molar-refractivity contribution in [3.8, 4) is 5.75 Å². The molecule has 41 heavy (non-hydrogen) atoms. The third-order valence-electron chi connectivity index (χ3n) is 6.78. The van der Waals surface area contributed by atoms with Gasteiger partial charge in [-0.25, -0.2) is 23.1 Å². The molecule has 2 aromatic carbocycles. The van der Waals surface area contributed by atoms with Crippen molar-refractivity contribution in [2.45, 2.75) is 25.2 Å². The van der Waals surface area contributed by atoms with E-state index in [4.69, 9.17) is 4.74 Å². The van der Waals surface area contributed by atoms with Gasteiger partial charge < -0.3 is 14.5 Å². The Balaban J connectivity index is 1.26. The molecule has 2 amide bonds. The molecule has 1 aliphatic rings. The topological polar surface area (TPSA) is 122 Å². The van der Waals surface area contributed by atoms with Crippen molar-refractivity contribution in [1.82, 2.24) is 14.7 Å². The van der Waals surface area contributed by atoms with Crippen molar-refractivity contribution >= 4 is 39.2 Å². The molecule has 210 valence electrons. The van der Waals surface area contributed by atoms with Crippen molar-refractivity contribution in [2.75, 3.05) is 30.0 Å². The number of nitrogens with zero attached hydrogens (tertiary/aromatic N) is 4. The number of fused-ring (bicyclic) bond motifs is 2. The number of amides is 2. The highest BCUT2D eigenvalue weighted by Gasteiger charge is 2.30. The van der Waals surface area contributed by atoms with Gasteiger partial charge in [0.25, 0.3) is 21.8 Å². The first kappa shape index (κ1) is 27.8. The van der Waals surface area contributed by atoms with Gasteiger partial charge in [-0.15, -0.1) is 0 Å². The average Bonchev–Trinajstić information content (AvgIpc) is 3.06. The smallest absolute Gasteiger partial charge is 0.265 e. The van der Waals surface area contributed by atoms with E-state index >= 15 is 0 Å². The quantitative estimate of drug-likeness (QED) is 0.333. The summed E-state index contributed by atoms with van der Waals surface area (Å²) in [5.41, 5.74) is 2.91. The molecular formula is C30H29N5O5S. The average molecular weight is 572 g/mol. The number of pyridine rings is 2. The Morgan fingerprint density at radius 1 is 1.00 bits per heavy atom. The van der Waals surface area contributed by atoms with Gasteiger partial charge in [-0.3, -0.25) is 9.59 Å². The predicted molar refractivity (Wildman–Crippen MR) is 155 cm³/mol. The van der Waals surface area contributed by atoms with Crippen LogP contribution in [0.1, 0.15) is 38.8 Å². The molecule has 0 fully saturated rings. The molecule has 3 heterocycles. The van der Waals surface area contributed by atoms with E-state index in [0.29, 0.717) is 53.8 Å². The van der Waals surface area contributed by atoms with Gasteiger partial charge in [0.05, 0.1) is 22.8 Å². The lowest BCUT2D eigenvalue weighted by atomic mass is 10.1. The molecule has 11 heteroatoms. The maximum Gasteiger partial charge on any atom is 0.265 e. The summed E-state index contributed by atoms with van der Waals surface area (Å²) in [5, 5.41) is 0. The second-order valence-corrected chi connectivity index (χ2v) is 11.2. The summed E-state index contributed by atoms with van der Waals surface area (Å²) in [5.74, 6) is 0.903. The maximum absolute atomic E-state index is 13.3. The second-order valence-electron chi connectivity index (χ2n) is 9.50. The predicted octanol–water partition coefficient (Wildman–Crippen LogP) is 4.27. The molecule has 0 spiro atoms. The molecule has 0 saturated heterocycles. The molecule has 4 aromatic rings. The van der Waals surface area contributed by atoms with Gasteiger partial charge in [-0.05, 0) is 73.5 Å². The van der Waals surface area contributed by atoms with Crippen LogP contribution in [0.25, 0.3) is 0 Å². The number of carbonyl (C=O) groups excluding carboxylic acids is 2. The van der Waals surface area contributed by atoms with Crippen LogP contribution in [0.2, 0.25) is 0 Å². The van der Waals surface area contributed by atoms with E-state index < -0.39 is 15.9 Å². The Kier molecular flexibility index (Phi) is 7.71. The number of hydrogen-bond donors (Lipinski definition) is 1. The Morgan fingerprint density at radius 2 is 1.78 bits per heavy atom. The Labute approximate surface area is 238 Å². The number of sulfonamides is 1. The molecule has 1 aliphatic heterocycles. The fourth-order valence-electron chi connectivity index (χ4n) is 4.63. The van der Waals surface area contributed by atoms with Crippen LogP contribution in [0.5, 0.6) is 5.75 Å². The summed E-state index contributed by atoms with van der Waals surface area (Å²) >= 11 is 0. The fraction of sp³-hybridized carbons (Fsp3) is 0.200. The molecular weight excluding hydrogens is 542 g/mol. The number of aromatic nitrogens is 2. The third-order valence-corrected chi connectivity index (χ3v) is 8.13. The number of ether oxygens (including phenoxy) is 1. The second kappa shape index (κ2) is 11.4. The van der Waals surface area contributed by atoms with Gasteiger partial charge in [0.15, 0.2) is 5.82 Å². The molecule has 0 unspecified atom stereocenters. The highest BCUT2D eigenvalue weighted by atomic mass is 32.2. The van der Waals surface area contributed by atoms with E-state index in [1.807, 2.05) is 24.0 Å². The van der Waals surface area contributed by atoms with E-state index in [1.165, 1.54) is 18.2 Å². The molecule has 0 aliphatic carbocycles. The van der Waals surface area contributed by atoms with E-state index in [9.17, 15) is 18.0 Å². The maximum atomic E-state index is 13.3. The lowest BCUT2D eigenvalue weighted by molar-refractivity contribution is 0.0977. The molecule has 0 radical (unpaired) electrons. The number of benzene rings is 2. The van der Waals surface area contributed by atoms with Crippen molar-refractivity contribution in [3.05, 3.63) is 101 Å². The van der Waals surface area contributed by atoms with E-state index in [2.05, 4.69) is 14.7 Å². The minimum atomic E-state index is -3.98. The number of rotatable bonds is 8. The first-order valence-electron chi connectivity index (χ1n) is 13.0. The van der Waals surface area contributed by atoms with E-state index in [0.717, 1.165) is 5.56 Å². The first-order valence-corrected chi connectivity index (χ1v) is 14.5. The van der Waals surface area contributed by atoms with Crippen LogP contribution in [0.4, 0.5) is 17.3 Å². The standard InChI is InChI=1S/C30H29N5O5S/c1-4-35-27-24(30(37)34(3)25-11-8-15-31-28(25)35)18-21(19-32-27)14-16-40-26-13-12-22(17-20(26)2)29(36)33-41(38,39)23-9-6-5-7-10-23/h5-13,15,17-19H,4,14,16H2,1-3H3,(H,33,36). The summed E-state index contributed by atoms with van der Waals surface area (Å²) in [6, 6.07) is 17.9. The van der Waals surface area contributed by atoms with E-state index in [-0.39, 0.29) is 16.4 Å². The summed E-state index contributed by atoms with van der Waals surface area (Å²) in [6.07, 6.45) is 3.93. The van der Waals surface area contributed by atoms with Crippen LogP contribution in [-0.4, -0.2) is 50.4 Å². The largest absolute Gasteiger partial charge is 0.493 e. The van der Waals surface area contributed by atoms with Crippen molar-refractivity contribution in [3.63, 3.8) is 0 Å². The van der Waals surface area contributed by atoms with Crippen LogP contribution >= 0.6 is 0 Å². The normalized spacial score (nSPS) is 12.8. The molecule has 1 N–H and O–H groups in total. The molecule has 0 saturated carbocycles. The molecule has 0 bridgehead atoms. The first-order chi connectivity index (χ1) is 19.7. The van der Waals surface area contributed by atoms with Crippen LogP contribution in [-0.2, 0) is 16.4 Å². The Morgan fingerprint density at radius 3 is 2.51 bits per heavy atom. The lowest BCUT2D eigenvalue weighted by Gasteiger charge is -2.22. The van der Waals surface area contributed by atoms with E-state index in [1.54, 1.807) is 67.7 Å². The Hall–Kier alpha value is -4.77. The molecule has 5 rings (SSSR count). The number of anilines is 3. The van der Waals surface area contributed by atoms with Crippen LogP contribution in [0, 0.1) is 6.92 Å². The number of nitrogens with one attached hydrogen (secondary N) is 1. The minimum absolute atomic E-state index is 0.00858. The SMILES string of the molecule is CCN1c2ncc(CCOc3ccc(C(=O)NS(=O)(=O)c4ccccc4)cc3C)cc2C(=O)N(C)c2cccnc21. The van der Waals surface area contributed by atoms with Crippen molar-refractivity contribution in [1.29, 1.82) is 0 Å². The van der Waals surface area contributed by atoms with Gasteiger partial charge >= 0.3 is 0 Å². The molecule has 0 atom stereocenters. The number of carbonyl (C=O) groups is 2. The summed E-state index contributed by atoms with van der Waals surface area (Å²) in [6.45, 7) is 4.67. The third kappa shape index (κ3) is 5.62. The van der Waals surface area contributed by atoms with Crippen LogP contribution in [0.15, 0.2) is 84.0 Å². The van der Waals surface area contributed by atoms with Gasteiger partial charge in [-0.1, -0.05) is 18.2 Å². The van der Waals surface area contributed by atoms with Gasteiger partial charge in [-0.2, -0.15) is 0 Å². The Bertz CT molecular complexity index is 1730. The van der Waals surface area contributed by atoms with Crippen LogP contribution in [0.3, 0.4) is 0 Å². The zero-order valence-corrected chi connectivity index (χ0v) is 23.7. The fourth-order valence-corrected chi connectivity index (χ4v) is 5.62. The summed E-state index contributed by atoms with van der Waals surface area (Å²) < 4.78 is 33.0. The van der Waals surface area contributed by atoms with Crippen molar-refractivity contribution in [2.24, 2.45) is 0 Å². The van der Waals surface area contributed by atoms with Gasteiger partial charge in [0.1, 0.15) is 11.6 Å². The zero-order chi connectivity index (χ0) is 29.1. The summed E-state index contributed by atoms with van der Waals surface area (Å²) in [4.78, 5) is 38.6. The minimum Gasteiger partial charge on any atom is -0.493 e. The van der Waals surface area contributed by atoms with Crippen molar-refractivity contribution < 1.29 is 22.7 Å². The molecule has 10 nitrogen and oxygen atoms in total. The van der Waals surface area contributed by atoms with Gasteiger partial charge in [0, 0.05) is 38.0 Å². The van der Waals surface area contributed by atoms with Gasteiger partial charge in [0.2, 0.25) is 0 Å². The highest BCUT2D eigenvalue weighted by molar-refractivity contribution is 7.90. The monoisotopic (exact) mass is 571 g/mol. The lowest BCUT2D eigenvalue weighted by Crippen LogP contribution is -2.30.